The summed E-state index contributed by atoms with van der Waals surface area (Å²) in [5.41, 5.74) is -1.50. The Morgan fingerprint density at radius 1 is 1.33 bits per heavy atom. The number of nitrogens with zero attached hydrogens (tertiary/aromatic N) is 1. The van der Waals surface area contributed by atoms with Crippen molar-refractivity contribution < 1.29 is 34.1 Å². The number of β-lactam (4-membered cyclic amide) rings is 1. The topological polar surface area (TPSA) is 133 Å². The van der Waals surface area contributed by atoms with Gasteiger partial charge in [-0.25, -0.2) is 4.79 Å². The maximum atomic E-state index is 12.8. The highest BCUT2D eigenvalue weighted by molar-refractivity contribution is 8.01. The lowest BCUT2D eigenvalue weighted by Crippen LogP contribution is -2.80. The second-order valence-electron chi connectivity index (χ2n) is 6.78. The first-order valence-electron chi connectivity index (χ1n) is 7.92. The fraction of sp³-hybridized carbons (Fsp3) is 0.500. The number of carbonyl (C=O) groups excluding carboxylic acids is 2. The molecule has 2 fully saturated rings. The predicted molar refractivity (Wildman–Crippen MR) is 96.3 cm³/mol. The van der Waals surface area contributed by atoms with Gasteiger partial charge in [0.1, 0.15) is 11.4 Å². The van der Waals surface area contributed by atoms with Gasteiger partial charge in [-0.05, 0) is 36.2 Å². The van der Waals surface area contributed by atoms with Crippen LogP contribution >= 0.6 is 23.1 Å². The monoisotopic (exact) mass is 414 g/mol. The van der Waals surface area contributed by atoms with Crippen LogP contribution in [0.1, 0.15) is 25.3 Å². The number of thiophene rings is 1. The van der Waals surface area contributed by atoms with E-state index in [1.165, 1.54) is 36.3 Å². The van der Waals surface area contributed by atoms with Crippen molar-refractivity contribution in [2.45, 2.75) is 41.7 Å². The van der Waals surface area contributed by atoms with Crippen molar-refractivity contribution in [1.82, 2.24) is 10.2 Å². The van der Waals surface area contributed by atoms with Crippen LogP contribution in [-0.2, 0) is 23.9 Å². The molecule has 4 atom stereocenters. The zero-order chi connectivity index (χ0) is 20.1. The summed E-state index contributed by atoms with van der Waals surface area (Å²) in [6.45, 7) is 3.38. The number of methoxy groups -OCH3 is 1. The Bertz CT molecular complexity index is 810. The standard InChI is InChI=1S/C16H18N2O7S2/c1-15(2)9(12(22)23)18-13(24)16(25-3,14(18)27-15)17-10(19)8(11(20)21)7-4-5-26-6-7/h4-6,8-9,14H,1-3H3,(H,17,19)(H,20,21)(H,22,23)/t8-,9+,14-,16+/m1/s1. The third-order valence-corrected chi connectivity index (χ3v) is 7.07. The van der Waals surface area contributed by atoms with Gasteiger partial charge in [-0.3, -0.25) is 14.4 Å². The van der Waals surface area contributed by atoms with Gasteiger partial charge in [-0.1, -0.05) is 0 Å². The van der Waals surface area contributed by atoms with E-state index >= 15 is 0 Å². The molecule has 0 radical (unpaired) electrons. The van der Waals surface area contributed by atoms with E-state index in [2.05, 4.69) is 5.32 Å². The molecule has 27 heavy (non-hydrogen) atoms. The SMILES string of the molecule is CO[C@@]1(NC(=O)[C@H](C(=O)O)c2ccsc2)C(=O)N2[C@@H](C(=O)O)C(C)(C)S[C@@H]21. The van der Waals surface area contributed by atoms with Crippen LogP contribution in [0.2, 0.25) is 0 Å². The normalized spacial score (nSPS) is 29.6. The van der Waals surface area contributed by atoms with Crippen LogP contribution in [0.3, 0.4) is 0 Å². The van der Waals surface area contributed by atoms with Crippen LogP contribution in [0.25, 0.3) is 0 Å². The molecule has 1 aromatic heterocycles. The summed E-state index contributed by atoms with van der Waals surface area (Å²) in [4.78, 5) is 49.9. The Hall–Kier alpha value is -2.11. The van der Waals surface area contributed by atoms with Crippen molar-refractivity contribution >= 4 is 46.9 Å². The van der Waals surface area contributed by atoms with Gasteiger partial charge < -0.3 is 25.2 Å². The lowest BCUT2D eigenvalue weighted by atomic mass is 9.92. The molecule has 3 N–H and O–H groups in total. The van der Waals surface area contributed by atoms with E-state index in [1.54, 1.807) is 24.6 Å². The molecular formula is C16H18N2O7S2. The highest BCUT2D eigenvalue weighted by atomic mass is 32.2. The van der Waals surface area contributed by atoms with Crippen molar-refractivity contribution in [2.75, 3.05) is 7.11 Å². The number of carboxylic acid groups (broad SMARTS) is 2. The van der Waals surface area contributed by atoms with Crippen LogP contribution in [0.15, 0.2) is 16.8 Å². The number of ether oxygens (including phenoxy) is 1. The molecule has 2 aliphatic heterocycles. The summed E-state index contributed by atoms with van der Waals surface area (Å²) in [7, 11) is 1.22. The number of thioether (sulfide) groups is 1. The Balaban J connectivity index is 1.89. The molecule has 146 valence electrons. The van der Waals surface area contributed by atoms with E-state index in [0.717, 1.165) is 4.90 Å². The second kappa shape index (κ2) is 6.50. The van der Waals surface area contributed by atoms with Crippen LogP contribution in [0.4, 0.5) is 0 Å². The molecule has 2 amide bonds. The summed E-state index contributed by atoms with van der Waals surface area (Å²) >= 11 is 2.43. The molecule has 0 unspecified atom stereocenters. The average molecular weight is 414 g/mol. The summed E-state index contributed by atoms with van der Waals surface area (Å²) in [5, 5.41) is 23.8. The number of carboxylic acids is 2. The Morgan fingerprint density at radius 2 is 2.00 bits per heavy atom. The fourth-order valence-electron chi connectivity index (χ4n) is 3.48. The predicted octanol–water partition coefficient (Wildman–Crippen LogP) is 0.522. The van der Waals surface area contributed by atoms with Gasteiger partial charge in [0.25, 0.3) is 11.6 Å². The van der Waals surface area contributed by atoms with E-state index in [1.807, 2.05) is 0 Å². The number of carbonyl (C=O) groups is 4. The van der Waals surface area contributed by atoms with Crippen molar-refractivity contribution in [3.63, 3.8) is 0 Å². The lowest BCUT2D eigenvalue weighted by molar-refractivity contribution is -0.201. The molecule has 2 saturated heterocycles. The van der Waals surface area contributed by atoms with E-state index in [-0.39, 0.29) is 0 Å². The van der Waals surface area contributed by atoms with Gasteiger partial charge >= 0.3 is 11.9 Å². The summed E-state index contributed by atoms with van der Waals surface area (Å²) < 4.78 is 4.50. The van der Waals surface area contributed by atoms with Gasteiger partial charge in [0.2, 0.25) is 5.91 Å². The molecule has 0 saturated carbocycles. The molecule has 1 aromatic rings. The largest absolute Gasteiger partial charge is 0.480 e. The molecule has 0 aromatic carbocycles. The maximum absolute atomic E-state index is 12.8. The molecule has 0 bridgehead atoms. The van der Waals surface area contributed by atoms with E-state index in [4.69, 9.17) is 4.74 Å². The van der Waals surface area contributed by atoms with E-state index in [0.29, 0.717) is 5.56 Å². The number of fused-ring (bicyclic) bond motifs is 1. The number of nitrogens with one attached hydrogen (secondary N) is 1. The molecule has 0 aliphatic carbocycles. The number of hydrogen-bond donors (Lipinski definition) is 3. The van der Waals surface area contributed by atoms with Gasteiger partial charge in [-0.15, -0.1) is 11.8 Å². The third-order valence-electron chi connectivity index (χ3n) is 4.76. The number of hydrogen-bond acceptors (Lipinski definition) is 7. The first-order valence-corrected chi connectivity index (χ1v) is 9.74. The summed E-state index contributed by atoms with van der Waals surface area (Å²) in [6.07, 6.45) is 0. The highest BCUT2D eigenvalue weighted by Gasteiger charge is 2.73. The Kier molecular flexibility index (Phi) is 4.73. The molecular weight excluding hydrogens is 396 g/mol. The lowest BCUT2D eigenvalue weighted by Gasteiger charge is -2.51. The van der Waals surface area contributed by atoms with Crippen molar-refractivity contribution in [3.8, 4) is 0 Å². The first kappa shape index (κ1) is 19.6. The fourth-order valence-corrected chi connectivity index (χ4v) is 5.84. The minimum Gasteiger partial charge on any atom is -0.480 e. The molecule has 0 spiro atoms. The van der Waals surface area contributed by atoms with Gasteiger partial charge in [0.05, 0.1) is 0 Å². The molecule has 2 aliphatic rings. The molecule has 3 heterocycles. The Morgan fingerprint density at radius 3 is 2.48 bits per heavy atom. The third kappa shape index (κ3) is 2.80. The highest BCUT2D eigenvalue weighted by Crippen LogP contribution is 2.55. The van der Waals surface area contributed by atoms with Crippen LogP contribution < -0.4 is 5.32 Å². The average Bonchev–Trinajstić information content (AvgIpc) is 3.16. The quantitative estimate of drug-likeness (QED) is 0.349. The van der Waals surface area contributed by atoms with E-state index in [9.17, 15) is 29.4 Å². The zero-order valence-corrected chi connectivity index (χ0v) is 16.3. The molecule has 3 rings (SSSR count). The number of amides is 2. The smallest absolute Gasteiger partial charge is 0.327 e. The van der Waals surface area contributed by atoms with Crippen molar-refractivity contribution in [1.29, 1.82) is 0 Å². The number of rotatable bonds is 6. The van der Waals surface area contributed by atoms with Crippen LogP contribution in [-0.4, -0.2) is 67.9 Å². The second-order valence-corrected chi connectivity index (χ2v) is 9.30. The minimum absolute atomic E-state index is 0.294. The maximum Gasteiger partial charge on any atom is 0.327 e. The van der Waals surface area contributed by atoms with E-state index < -0.39 is 51.6 Å². The summed E-state index contributed by atoms with van der Waals surface area (Å²) in [5.74, 6) is -5.61. The summed E-state index contributed by atoms with van der Waals surface area (Å²) in [6, 6.07) is 0.443. The van der Waals surface area contributed by atoms with Crippen LogP contribution in [0.5, 0.6) is 0 Å². The minimum atomic E-state index is -1.80. The molecule has 11 heteroatoms. The van der Waals surface area contributed by atoms with Crippen molar-refractivity contribution in [3.05, 3.63) is 22.4 Å². The number of aliphatic carboxylic acids is 2. The first-order chi connectivity index (χ1) is 12.6. The van der Waals surface area contributed by atoms with Crippen LogP contribution in [0, 0.1) is 0 Å². The Labute approximate surface area is 162 Å². The van der Waals surface area contributed by atoms with Crippen molar-refractivity contribution in [2.24, 2.45) is 0 Å². The zero-order valence-electron chi connectivity index (χ0n) is 14.7. The van der Waals surface area contributed by atoms with Gasteiger partial charge in [0.15, 0.2) is 5.92 Å². The molecule has 9 nitrogen and oxygen atoms in total. The van der Waals surface area contributed by atoms with Gasteiger partial charge in [0, 0.05) is 11.9 Å². The van der Waals surface area contributed by atoms with Gasteiger partial charge in [-0.2, -0.15) is 11.3 Å².